The van der Waals surface area contributed by atoms with Gasteiger partial charge in [-0.2, -0.15) is 0 Å². The van der Waals surface area contributed by atoms with Crippen molar-refractivity contribution in [3.8, 4) is 5.75 Å². The first-order valence-corrected chi connectivity index (χ1v) is 4.59. The lowest BCUT2D eigenvalue weighted by Crippen LogP contribution is -2.01. The van der Waals surface area contributed by atoms with Crippen molar-refractivity contribution >= 4 is 5.97 Å². The number of methoxy groups -OCH3 is 1. The zero-order valence-corrected chi connectivity index (χ0v) is 8.71. The Morgan fingerprint density at radius 1 is 1.53 bits per heavy atom. The van der Waals surface area contributed by atoms with E-state index >= 15 is 0 Å². The molecule has 0 fully saturated rings. The molecule has 15 heavy (non-hydrogen) atoms. The highest BCUT2D eigenvalue weighted by Gasteiger charge is 2.09. The van der Waals surface area contributed by atoms with Gasteiger partial charge >= 0.3 is 5.97 Å². The fourth-order valence-corrected chi connectivity index (χ4v) is 1.35. The van der Waals surface area contributed by atoms with Crippen LogP contribution in [0.2, 0.25) is 0 Å². The summed E-state index contributed by atoms with van der Waals surface area (Å²) in [7, 11) is 1.44. The molecular formula is C11H13FO3. The molecule has 0 aliphatic heterocycles. The molecule has 0 heterocycles. The molecule has 0 atom stereocenters. The number of hydrogen-bond acceptors (Lipinski definition) is 2. The van der Waals surface area contributed by atoms with Crippen molar-refractivity contribution in [2.24, 2.45) is 0 Å². The van der Waals surface area contributed by atoms with Crippen LogP contribution in [-0.4, -0.2) is 18.2 Å². The Morgan fingerprint density at radius 3 is 2.73 bits per heavy atom. The van der Waals surface area contributed by atoms with Gasteiger partial charge < -0.3 is 9.84 Å². The molecule has 1 aromatic rings. The van der Waals surface area contributed by atoms with Crippen LogP contribution < -0.4 is 4.74 Å². The molecule has 4 heteroatoms. The summed E-state index contributed by atoms with van der Waals surface area (Å²) in [4.78, 5) is 10.4. The maximum Gasteiger partial charge on any atom is 0.303 e. The van der Waals surface area contributed by atoms with Gasteiger partial charge in [0.2, 0.25) is 0 Å². The number of aliphatic carboxylic acids is 1. The lowest BCUT2D eigenvalue weighted by atomic mass is 10.1. The molecule has 0 aromatic heterocycles. The van der Waals surface area contributed by atoms with E-state index in [1.54, 1.807) is 13.0 Å². The molecule has 0 bridgehead atoms. The second kappa shape index (κ2) is 4.77. The number of ether oxygens (including phenoxy) is 1. The van der Waals surface area contributed by atoms with E-state index < -0.39 is 5.97 Å². The summed E-state index contributed by atoms with van der Waals surface area (Å²) >= 11 is 0. The summed E-state index contributed by atoms with van der Waals surface area (Å²) in [6.07, 6.45) is 0.362. The SMILES string of the molecule is COc1cc(F)c(C)cc1CCC(=O)O. The summed E-state index contributed by atoms with van der Waals surface area (Å²) in [5.41, 5.74) is 1.22. The largest absolute Gasteiger partial charge is 0.496 e. The van der Waals surface area contributed by atoms with Gasteiger partial charge in [0.05, 0.1) is 7.11 Å². The zero-order valence-electron chi connectivity index (χ0n) is 8.71. The molecule has 0 saturated heterocycles. The van der Waals surface area contributed by atoms with E-state index in [9.17, 15) is 9.18 Å². The summed E-state index contributed by atoms with van der Waals surface area (Å²) < 4.78 is 18.1. The zero-order chi connectivity index (χ0) is 11.4. The van der Waals surface area contributed by atoms with Gasteiger partial charge in [-0.1, -0.05) is 0 Å². The molecule has 1 rings (SSSR count). The van der Waals surface area contributed by atoms with Gasteiger partial charge in [0.25, 0.3) is 0 Å². The number of carboxylic acids is 1. The minimum Gasteiger partial charge on any atom is -0.496 e. The van der Waals surface area contributed by atoms with Crippen molar-refractivity contribution in [2.45, 2.75) is 19.8 Å². The quantitative estimate of drug-likeness (QED) is 0.831. The van der Waals surface area contributed by atoms with Crippen molar-refractivity contribution in [1.82, 2.24) is 0 Å². The average Bonchev–Trinajstić information content (AvgIpc) is 2.19. The smallest absolute Gasteiger partial charge is 0.303 e. The van der Waals surface area contributed by atoms with Gasteiger partial charge in [0.1, 0.15) is 11.6 Å². The molecule has 0 radical (unpaired) electrons. The van der Waals surface area contributed by atoms with Crippen molar-refractivity contribution < 1.29 is 19.0 Å². The Labute approximate surface area is 87.5 Å². The van der Waals surface area contributed by atoms with E-state index in [0.717, 1.165) is 5.56 Å². The third kappa shape index (κ3) is 2.94. The number of aryl methyl sites for hydroxylation is 2. The molecule has 0 aliphatic carbocycles. The number of hydrogen-bond donors (Lipinski definition) is 1. The molecule has 0 amide bonds. The minimum absolute atomic E-state index is 0.0153. The van der Waals surface area contributed by atoms with E-state index in [-0.39, 0.29) is 12.2 Å². The predicted octanol–water partition coefficient (Wildman–Crippen LogP) is 2.16. The predicted molar refractivity (Wildman–Crippen MR) is 53.6 cm³/mol. The van der Waals surface area contributed by atoms with Crippen LogP contribution >= 0.6 is 0 Å². The highest BCUT2D eigenvalue weighted by atomic mass is 19.1. The van der Waals surface area contributed by atoms with Crippen LogP contribution in [0.15, 0.2) is 12.1 Å². The van der Waals surface area contributed by atoms with E-state index in [1.807, 2.05) is 0 Å². The first kappa shape index (κ1) is 11.5. The van der Waals surface area contributed by atoms with Crippen LogP contribution in [0.5, 0.6) is 5.75 Å². The van der Waals surface area contributed by atoms with E-state index in [1.165, 1.54) is 13.2 Å². The van der Waals surface area contributed by atoms with E-state index in [2.05, 4.69) is 0 Å². The second-order valence-electron chi connectivity index (χ2n) is 3.31. The molecular weight excluding hydrogens is 199 g/mol. The normalized spacial score (nSPS) is 10.1. The lowest BCUT2D eigenvalue weighted by Gasteiger charge is -2.09. The molecule has 0 spiro atoms. The second-order valence-corrected chi connectivity index (χ2v) is 3.31. The first-order chi connectivity index (χ1) is 7.04. The van der Waals surface area contributed by atoms with Crippen molar-refractivity contribution in [3.05, 3.63) is 29.1 Å². The topological polar surface area (TPSA) is 46.5 Å². The van der Waals surface area contributed by atoms with Crippen LogP contribution in [0.1, 0.15) is 17.5 Å². The van der Waals surface area contributed by atoms with Crippen molar-refractivity contribution in [2.75, 3.05) is 7.11 Å². The van der Waals surface area contributed by atoms with Gasteiger partial charge in [0.15, 0.2) is 0 Å². The molecule has 3 nitrogen and oxygen atoms in total. The number of carbonyl (C=O) groups is 1. The Morgan fingerprint density at radius 2 is 2.20 bits per heavy atom. The average molecular weight is 212 g/mol. The Bertz CT molecular complexity index is 374. The van der Waals surface area contributed by atoms with Gasteiger partial charge in [-0.25, -0.2) is 4.39 Å². The Balaban J connectivity index is 2.94. The maximum absolute atomic E-state index is 13.1. The molecule has 1 aromatic carbocycles. The van der Waals surface area contributed by atoms with Crippen LogP contribution in [0, 0.1) is 12.7 Å². The van der Waals surface area contributed by atoms with Gasteiger partial charge in [-0.15, -0.1) is 0 Å². The molecule has 0 unspecified atom stereocenters. The number of carboxylic acid groups (broad SMARTS) is 1. The molecule has 0 aliphatic rings. The summed E-state index contributed by atoms with van der Waals surface area (Å²) in [5, 5.41) is 8.55. The van der Waals surface area contributed by atoms with Gasteiger partial charge in [-0.3, -0.25) is 4.79 Å². The minimum atomic E-state index is -0.876. The fraction of sp³-hybridized carbons (Fsp3) is 0.364. The maximum atomic E-state index is 13.1. The highest BCUT2D eigenvalue weighted by molar-refractivity contribution is 5.67. The number of halogens is 1. The summed E-state index contributed by atoms with van der Waals surface area (Å²) in [6.45, 7) is 1.64. The van der Waals surface area contributed by atoms with Crippen molar-refractivity contribution in [1.29, 1.82) is 0 Å². The third-order valence-electron chi connectivity index (χ3n) is 2.17. The molecule has 0 saturated carbocycles. The highest BCUT2D eigenvalue weighted by Crippen LogP contribution is 2.23. The van der Waals surface area contributed by atoms with E-state index in [0.29, 0.717) is 17.7 Å². The monoisotopic (exact) mass is 212 g/mol. The van der Waals surface area contributed by atoms with Crippen LogP contribution in [-0.2, 0) is 11.2 Å². The van der Waals surface area contributed by atoms with Gasteiger partial charge in [0, 0.05) is 12.5 Å². The van der Waals surface area contributed by atoms with Crippen LogP contribution in [0.4, 0.5) is 4.39 Å². The van der Waals surface area contributed by atoms with Crippen LogP contribution in [0.25, 0.3) is 0 Å². The Hall–Kier alpha value is -1.58. The molecule has 1 N–H and O–H groups in total. The molecule has 82 valence electrons. The lowest BCUT2D eigenvalue weighted by molar-refractivity contribution is -0.136. The number of benzene rings is 1. The summed E-state index contributed by atoms with van der Waals surface area (Å²) in [5.74, 6) is -0.815. The number of rotatable bonds is 4. The van der Waals surface area contributed by atoms with Crippen molar-refractivity contribution in [3.63, 3.8) is 0 Å². The standard InChI is InChI=1S/C11H13FO3/c1-7-5-8(3-4-11(13)14)10(15-2)6-9(7)12/h5-6H,3-4H2,1-2H3,(H,13,14). The van der Waals surface area contributed by atoms with Gasteiger partial charge in [-0.05, 0) is 30.5 Å². The summed E-state index contributed by atoms with van der Waals surface area (Å²) in [6, 6.07) is 2.91. The first-order valence-electron chi connectivity index (χ1n) is 4.59. The fourth-order valence-electron chi connectivity index (χ4n) is 1.35. The Kier molecular flexibility index (Phi) is 3.66. The third-order valence-corrected chi connectivity index (χ3v) is 2.17. The van der Waals surface area contributed by atoms with E-state index in [4.69, 9.17) is 9.84 Å². The van der Waals surface area contributed by atoms with Crippen LogP contribution in [0.3, 0.4) is 0 Å².